The molecule has 0 bridgehead atoms. The number of allylic oxidation sites excluding steroid dienone is 1. The van der Waals surface area contributed by atoms with Gasteiger partial charge in [0.25, 0.3) is 0 Å². The molecule has 0 aromatic carbocycles. The number of hydrogen-bond donors (Lipinski definition) is 9. The van der Waals surface area contributed by atoms with Crippen molar-refractivity contribution >= 4 is 5.91 Å². The fourth-order valence-corrected chi connectivity index (χ4v) is 10.5. The third-order valence-corrected chi connectivity index (χ3v) is 15.5. The van der Waals surface area contributed by atoms with E-state index in [4.69, 9.17) is 18.9 Å². The molecular weight excluding hydrogens is 943 g/mol. The maximum absolute atomic E-state index is 13.1. The van der Waals surface area contributed by atoms with Crippen LogP contribution in [-0.2, 0) is 23.7 Å². The van der Waals surface area contributed by atoms with Crippen molar-refractivity contribution in [2.24, 2.45) is 0 Å². The first-order chi connectivity index (χ1) is 36.1. The lowest BCUT2D eigenvalue weighted by atomic mass is 9.97. The maximum Gasteiger partial charge on any atom is 0.220 e. The van der Waals surface area contributed by atoms with Crippen molar-refractivity contribution < 1.29 is 64.6 Å². The summed E-state index contributed by atoms with van der Waals surface area (Å²) >= 11 is 0. The number of hydrogen-bond acceptors (Lipinski definition) is 13. The molecule has 12 unspecified atom stereocenters. The molecule has 74 heavy (non-hydrogen) atoms. The van der Waals surface area contributed by atoms with Crippen LogP contribution in [0.25, 0.3) is 0 Å². The van der Waals surface area contributed by atoms with Crippen LogP contribution in [-0.4, -0.2) is 140 Å². The van der Waals surface area contributed by atoms with E-state index in [1.54, 1.807) is 6.08 Å². The zero-order chi connectivity index (χ0) is 53.9. The van der Waals surface area contributed by atoms with Crippen LogP contribution in [0.15, 0.2) is 12.2 Å². The summed E-state index contributed by atoms with van der Waals surface area (Å²) < 4.78 is 22.6. The highest BCUT2D eigenvalue weighted by Gasteiger charge is 2.51. The van der Waals surface area contributed by atoms with Gasteiger partial charge in [-0.2, -0.15) is 0 Å². The summed E-state index contributed by atoms with van der Waals surface area (Å²) in [6.07, 6.45) is 38.0. The number of rotatable bonds is 50. The van der Waals surface area contributed by atoms with Crippen LogP contribution in [0.1, 0.15) is 271 Å². The number of amides is 1. The molecule has 14 heteroatoms. The van der Waals surface area contributed by atoms with Crippen LogP contribution >= 0.6 is 0 Å². The van der Waals surface area contributed by atoms with Gasteiger partial charge in [0.1, 0.15) is 48.8 Å². The molecule has 0 aromatic heterocycles. The quantitative estimate of drug-likeness (QED) is 0.0204. The van der Waals surface area contributed by atoms with E-state index in [-0.39, 0.29) is 18.9 Å². The van der Waals surface area contributed by atoms with Gasteiger partial charge in [0.05, 0.1) is 32.0 Å². The Bertz CT molecular complexity index is 1290. The summed E-state index contributed by atoms with van der Waals surface area (Å²) in [5.74, 6) is -0.241. The highest BCUT2D eigenvalue weighted by Crippen LogP contribution is 2.30. The molecular formula is C60H115NO13. The van der Waals surface area contributed by atoms with Gasteiger partial charge in [0.15, 0.2) is 12.6 Å². The number of carbonyl (C=O) groups excluding carboxylic acids is 1. The van der Waals surface area contributed by atoms with Crippen LogP contribution in [0.2, 0.25) is 0 Å². The van der Waals surface area contributed by atoms with Gasteiger partial charge in [-0.15, -0.1) is 0 Å². The minimum atomic E-state index is -1.78. The molecule has 2 heterocycles. The smallest absolute Gasteiger partial charge is 0.220 e. The van der Waals surface area contributed by atoms with Gasteiger partial charge in [-0.25, -0.2) is 0 Å². The molecule has 12 atom stereocenters. The molecule has 2 saturated heterocycles. The molecule has 0 spiro atoms. The highest BCUT2D eigenvalue weighted by atomic mass is 16.7. The van der Waals surface area contributed by atoms with Crippen molar-refractivity contribution in [3.05, 3.63) is 12.2 Å². The maximum atomic E-state index is 13.1. The topological polar surface area (TPSA) is 228 Å². The first kappa shape index (κ1) is 68.8. The van der Waals surface area contributed by atoms with Crippen LogP contribution in [0.4, 0.5) is 0 Å². The molecule has 9 N–H and O–H groups in total. The fourth-order valence-electron chi connectivity index (χ4n) is 10.5. The molecule has 0 saturated carbocycles. The van der Waals surface area contributed by atoms with Crippen LogP contribution in [0, 0.1) is 0 Å². The summed E-state index contributed by atoms with van der Waals surface area (Å²) in [5, 5.41) is 86.4. The molecule has 438 valence electrons. The lowest BCUT2D eigenvalue weighted by molar-refractivity contribution is -0.359. The van der Waals surface area contributed by atoms with Crippen molar-refractivity contribution in [2.75, 3.05) is 19.8 Å². The first-order valence-corrected chi connectivity index (χ1v) is 30.9. The average Bonchev–Trinajstić information content (AvgIpc) is 3.40. The summed E-state index contributed by atoms with van der Waals surface area (Å²) in [5.41, 5.74) is 0. The minimum absolute atomic E-state index is 0.241. The average molecular weight is 1060 g/mol. The molecule has 14 nitrogen and oxygen atoms in total. The largest absolute Gasteiger partial charge is 0.394 e. The van der Waals surface area contributed by atoms with E-state index in [1.165, 1.54) is 199 Å². The second kappa shape index (κ2) is 46.6. The predicted molar refractivity (Wildman–Crippen MR) is 295 cm³/mol. The summed E-state index contributed by atoms with van der Waals surface area (Å²) in [6, 6.07) is -0.906. The third kappa shape index (κ3) is 32.0. The molecule has 2 rings (SSSR count). The Balaban J connectivity index is 1.49. The number of unbranched alkanes of at least 4 members (excludes halogenated alkanes) is 37. The Morgan fingerprint density at radius 3 is 1.24 bits per heavy atom. The second-order valence-corrected chi connectivity index (χ2v) is 22.2. The summed E-state index contributed by atoms with van der Waals surface area (Å²) in [4.78, 5) is 13.1. The van der Waals surface area contributed by atoms with E-state index >= 15 is 0 Å². The molecule has 0 radical (unpaired) electrons. The molecule has 2 aliphatic heterocycles. The first-order valence-electron chi connectivity index (χ1n) is 30.9. The van der Waals surface area contributed by atoms with Gasteiger partial charge in [-0.05, 0) is 19.3 Å². The van der Waals surface area contributed by atoms with E-state index in [2.05, 4.69) is 19.2 Å². The Kier molecular flexibility index (Phi) is 43.4. The van der Waals surface area contributed by atoms with Crippen LogP contribution in [0.5, 0.6) is 0 Å². The van der Waals surface area contributed by atoms with Gasteiger partial charge < -0.3 is 65.1 Å². The van der Waals surface area contributed by atoms with Crippen molar-refractivity contribution in [3.8, 4) is 0 Å². The van der Waals surface area contributed by atoms with E-state index in [9.17, 15) is 45.6 Å². The molecule has 2 aliphatic rings. The lowest BCUT2D eigenvalue weighted by Gasteiger charge is -2.46. The Morgan fingerprint density at radius 2 is 0.838 bits per heavy atom. The SMILES string of the molecule is CCCCC/C=C/C(O)C(COC1OC(CO)C(OC2OC(CO)C(O)C(O)C2O)C(O)C1O)NC(=O)CCCCCCCCCCCCCCCCCCCCCCCCCCCCCCCCCCCCC. The number of carbonyl (C=O) groups is 1. The van der Waals surface area contributed by atoms with E-state index in [0.29, 0.717) is 6.42 Å². The number of aliphatic hydroxyl groups excluding tert-OH is 8. The number of ether oxygens (including phenoxy) is 4. The predicted octanol–water partition coefficient (Wildman–Crippen LogP) is 10.7. The van der Waals surface area contributed by atoms with Crippen molar-refractivity contribution in [1.82, 2.24) is 5.32 Å². The van der Waals surface area contributed by atoms with Crippen molar-refractivity contribution in [3.63, 3.8) is 0 Å². The van der Waals surface area contributed by atoms with E-state index in [1.807, 2.05) is 6.08 Å². The Hall–Kier alpha value is -1.27. The Labute approximate surface area is 450 Å². The lowest BCUT2D eigenvalue weighted by Crippen LogP contribution is -2.65. The van der Waals surface area contributed by atoms with Crippen molar-refractivity contribution in [1.29, 1.82) is 0 Å². The second-order valence-electron chi connectivity index (χ2n) is 22.2. The van der Waals surface area contributed by atoms with Gasteiger partial charge in [-0.1, -0.05) is 257 Å². The van der Waals surface area contributed by atoms with Gasteiger partial charge in [0, 0.05) is 6.42 Å². The third-order valence-electron chi connectivity index (χ3n) is 15.5. The summed E-state index contributed by atoms with van der Waals surface area (Å²) in [6.45, 7) is 2.69. The van der Waals surface area contributed by atoms with Crippen molar-refractivity contribution in [2.45, 2.75) is 344 Å². The number of aliphatic hydroxyl groups is 8. The summed E-state index contributed by atoms with van der Waals surface area (Å²) in [7, 11) is 0. The van der Waals surface area contributed by atoms with Crippen LogP contribution < -0.4 is 5.32 Å². The fraction of sp³-hybridized carbons (Fsp3) is 0.950. The standard InChI is InChI=1S/C60H115NO13/c1-3-5-7-9-10-11-12-13-14-15-16-17-18-19-20-21-22-23-24-25-26-27-28-29-30-31-32-33-34-35-36-37-38-40-42-44-52(65)61-48(49(64)43-41-39-8-6-4-2)47-71-59-57(70)55(68)58(51(46-63)73-59)74-60-56(69)54(67)53(66)50(45-62)72-60/h41,43,48-51,53-60,62-64,66-70H,3-40,42,44-47H2,1-2H3,(H,61,65)/b43-41+. The Morgan fingerprint density at radius 1 is 0.473 bits per heavy atom. The zero-order valence-electron chi connectivity index (χ0n) is 47.1. The minimum Gasteiger partial charge on any atom is -0.394 e. The van der Waals surface area contributed by atoms with Gasteiger partial charge in [-0.3, -0.25) is 4.79 Å². The van der Waals surface area contributed by atoms with Crippen LogP contribution in [0.3, 0.4) is 0 Å². The highest BCUT2D eigenvalue weighted by molar-refractivity contribution is 5.76. The molecule has 0 aromatic rings. The normalized spacial score (nSPS) is 25.2. The van der Waals surface area contributed by atoms with Gasteiger partial charge >= 0.3 is 0 Å². The molecule has 1 amide bonds. The van der Waals surface area contributed by atoms with Gasteiger partial charge in [0.2, 0.25) is 5.91 Å². The number of nitrogens with one attached hydrogen (secondary N) is 1. The monoisotopic (exact) mass is 1060 g/mol. The van der Waals surface area contributed by atoms with E-state index < -0.39 is 86.8 Å². The zero-order valence-corrected chi connectivity index (χ0v) is 47.1. The van der Waals surface area contributed by atoms with E-state index in [0.717, 1.165) is 44.9 Å². The molecule has 2 fully saturated rings. The molecule has 0 aliphatic carbocycles.